The third-order valence-corrected chi connectivity index (χ3v) is 5.92. The smallest absolute Gasteiger partial charge is 0.262 e. The number of morpholine rings is 1. The first-order chi connectivity index (χ1) is 11.9. The van der Waals surface area contributed by atoms with Crippen molar-refractivity contribution in [3.05, 3.63) is 30.5 Å². The minimum Gasteiger partial charge on any atom is -0.371 e. The van der Waals surface area contributed by atoms with Crippen LogP contribution in [-0.4, -0.2) is 51.8 Å². The fourth-order valence-corrected chi connectivity index (χ4v) is 4.25. The number of sulfonamides is 1. The quantitative estimate of drug-likeness (QED) is 0.773. The molecule has 138 valence electrons. The molecule has 2 aromatic rings. The van der Waals surface area contributed by atoms with Crippen molar-refractivity contribution in [2.24, 2.45) is 5.92 Å². The maximum absolute atomic E-state index is 12.9. The van der Waals surface area contributed by atoms with Crippen LogP contribution in [0.2, 0.25) is 0 Å². The maximum atomic E-state index is 12.9. The van der Waals surface area contributed by atoms with Crippen LogP contribution < -0.4 is 0 Å². The molecule has 1 aliphatic rings. The molecule has 1 atom stereocenters. The van der Waals surface area contributed by atoms with E-state index in [-0.39, 0.29) is 17.7 Å². The highest BCUT2D eigenvalue weighted by Gasteiger charge is 2.33. The summed E-state index contributed by atoms with van der Waals surface area (Å²) >= 11 is 0. The predicted octanol–water partition coefficient (Wildman–Crippen LogP) is 1.52. The van der Waals surface area contributed by atoms with Gasteiger partial charge >= 0.3 is 0 Å². The number of rotatable bonds is 6. The van der Waals surface area contributed by atoms with Crippen LogP contribution in [0.25, 0.3) is 0 Å². The average molecular weight is 367 g/mol. The third kappa shape index (κ3) is 3.94. The molecule has 0 spiro atoms. The molecule has 0 unspecified atom stereocenters. The van der Waals surface area contributed by atoms with Crippen LogP contribution in [0.4, 0.5) is 0 Å². The van der Waals surface area contributed by atoms with E-state index in [0.29, 0.717) is 19.1 Å². The second-order valence-electron chi connectivity index (χ2n) is 6.65. The van der Waals surface area contributed by atoms with Crippen LogP contribution in [0, 0.1) is 5.92 Å². The topological polar surface area (TPSA) is 82.2 Å². The van der Waals surface area contributed by atoms with E-state index >= 15 is 0 Å². The van der Waals surface area contributed by atoms with Crippen LogP contribution in [0.5, 0.6) is 0 Å². The third-order valence-electron chi connectivity index (χ3n) is 4.17. The Morgan fingerprint density at radius 1 is 1.36 bits per heavy atom. The van der Waals surface area contributed by atoms with Crippen molar-refractivity contribution < 1.29 is 13.2 Å². The van der Waals surface area contributed by atoms with Gasteiger partial charge in [-0.3, -0.25) is 4.68 Å². The Balaban J connectivity index is 1.76. The highest BCUT2D eigenvalue weighted by molar-refractivity contribution is 7.89. The van der Waals surface area contributed by atoms with Gasteiger partial charge in [-0.05, 0) is 12.8 Å². The fourth-order valence-electron chi connectivity index (χ4n) is 2.89. The van der Waals surface area contributed by atoms with Crippen molar-refractivity contribution in [1.29, 1.82) is 0 Å². The van der Waals surface area contributed by atoms with E-state index in [4.69, 9.17) is 4.74 Å². The van der Waals surface area contributed by atoms with Crippen LogP contribution in [0.15, 0.2) is 29.9 Å². The molecule has 0 radical (unpaired) electrons. The molecule has 1 saturated heterocycles. The molecule has 9 heteroatoms. The Bertz CT molecular complexity index is 811. The molecule has 3 rings (SSSR count). The summed E-state index contributed by atoms with van der Waals surface area (Å²) in [5, 5.41) is 4.33. The van der Waals surface area contributed by atoms with Gasteiger partial charge in [-0.25, -0.2) is 13.4 Å². The molecule has 0 aromatic carbocycles. The van der Waals surface area contributed by atoms with Crippen LogP contribution in [-0.2, 0) is 27.8 Å². The van der Waals surface area contributed by atoms with E-state index in [2.05, 4.69) is 23.9 Å². The SMILES string of the molecule is CCn1cc([C@H]2CN(S(=O)(=O)c3cn(CC(C)C)cn3)CCO2)cn1. The zero-order valence-corrected chi connectivity index (χ0v) is 15.7. The number of hydrogen-bond donors (Lipinski definition) is 0. The second kappa shape index (κ2) is 7.27. The van der Waals surface area contributed by atoms with Gasteiger partial charge in [0.05, 0.1) is 25.2 Å². The maximum Gasteiger partial charge on any atom is 0.262 e. The second-order valence-corrected chi connectivity index (χ2v) is 8.54. The average Bonchev–Trinajstić information content (AvgIpc) is 3.24. The number of imidazole rings is 1. The van der Waals surface area contributed by atoms with E-state index in [1.54, 1.807) is 23.4 Å². The summed E-state index contributed by atoms with van der Waals surface area (Å²) in [4.78, 5) is 4.11. The Hall–Kier alpha value is -1.71. The molecule has 0 bridgehead atoms. The summed E-state index contributed by atoms with van der Waals surface area (Å²) in [5.74, 6) is 0.424. The van der Waals surface area contributed by atoms with E-state index in [0.717, 1.165) is 18.7 Å². The van der Waals surface area contributed by atoms with Gasteiger partial charge in [-0.15, -0.1) is 0 Å². The van der Waals surface area contributed by atoms with Gasteiger partial charge in [0.1, 0.15) is 0 Å². The zero-order chi connectivity index (χ0) is 18.0. The first kappa shape index (κ1) is 18.1. The molecule has 0 saturated carbocycles. The molecule has 1 fully saturated rings. The highest BCUT2D eigenvalue weighted by atomic mass is 32.2. The summed E-state index contributed by atoms with van der Waals surface area (Å²) < 4.78 is 36.6. The van der Waals surface area contributed by atoms with E-state index in [1.165, 1.54) is 4.31 Å². The number of nitrogens with zero attached hydrogens (tertiary/aromatic N) is 5. The van der Waals surface area contributed by atoms with Gasteiger partial charge in [0, 0.05) is 44.1 Å². The van der Waals surface area contributed by atoms with Gasteiger partial charge in [0.15, 0.2) is 5.03 Å². The van der Waals surface area contributed by atoms with Crippen molar-refractivity contribution >= 4 is 10.0 Å². The monoisotopic (exact) mass is 367 g/mol. The molecule has 0 N–H and O–H groups in total. The Labute approximate surface area is 148 Å². The van der Waals surface area contributed by atoms with E-state index in [9.17, 15) is 8.42 Å². The van der Waals surface area contributed by atoms with Crippen molar-refractivity contribution in [2.45, 2.75) is 45.0 Å². The zero-order valence-electron chi connectivity index (χ0n) is 14.9. The summed E-state index contributed by atoms with van der Waals surface area (Å²) in [6.07, 6.45) is 6.52. The Morgan fingerprint density at radius 2 is 2.16 bits per heavy atom. The van der Waals surface area contributed by atoms with Crippen molar-refractivity contribution in [3.8, 4) is 0 Å². The minimum atomic E-state index is -3.62. The van der Waals surface area contributed by atoms with Crippen LogP contribution in [0.1, 0.15) is 32.4 Å². The van der Waals surface area contributed by atoms with Gasteiger partial charge in [-0.2, -0.15) is 9.40 Å². The molecule has 0 amide bonds. The molecular weight excluding hydrogens is 342 g/mol. The van der Waals surface area contributed by atoms with Gasteiger partial charge in [-0.1, -0.05) is 13.8 Å². The number of aromatic nitrogens is 4. The molecule has 25 heavy (non-hydrogen) atoms. The lowest BCUT2D eigenvalue weighted by Crippen LogP contribution is -2.42. The Morgan fingerprint density at radius 3 is 2.84 bits per heavy atom. The molecule has 2 aromatic heterocycles. The predicted molar refractivity (Wildman–Crippen MR) is 92.4 cm³/mol. The van der Waals surface area contributed by atoms with Gasteiger partial charge in [0.2, 0.25) is 0 Å². The first-order valence-corrected chi connectivity index (χ1v) is 10.00. The summed E-state index contributed by atoms with van der Waals surface area (Å²) in [5.41, 5.74) is 0.895. The largest absolute Gasteiger partial charge is 0.371 e. The number of hydrogen-bond acceptors (Lipinski definition) is 5. The van der Waals surface area contributed by atoms with Crippen LogP contribution >= 0.6 is 0 Å². The minimum absolute atomic E-state index is 0.0954. The molecule has 0 aliphatic carbocycles. The molecule has 8 nitrogen and oxygen atoms in total. The van der Waals surface area contributed by atoms with Crippen molar-refractivity contribution in [1.82, 2.24) is 23.6 Å². The highest BCUT2D eigenvalue weighted by Crippen LogP contribution is 2.25. The lowest BCUT2D eigenvalue weighted by molar-refractivity contribution is -0.00266. The fraction of sp³-hybridized carbons (Fsp3) is 0.625. The summed E-state index contributed by atoms with van der Waals surface area (Å²) in [6.45, 7) is 8.63. The Kier molecular flexibility index (Phi) is 5.26. The standard InChI is InChI=1S/C16H25N5O3S/c1-4-20-9-14(7-18-20)15-10-21(5-6-24-15)25(22,23)16-11-19(12-17-16)8-13(2)3/h7,9,11-13,15H,4-6,8,10H2,1-3H3/t15-/m1/s1. The lowest BCUT2D eigenvalue weighted by atomic mass is 10.2. The first-order valence-electron chi connectivity index (χ1n) is 8.56. The molecule has 3 heterocycles. The van der Waals surface area contributed by atoms with E-state index < -0.39 is 10.0 Å². The van der Waals surface area contributed by atoms with Gasteiger partial charge in [0.25, 0.3) is 10.0 Å². The van der Waals surface area contributed by atoms with Crippen molar-refractivity contribution in [3.63, 3.8) is 0 Å². The molecular formula is C16H25N5O3S. The van der Waals surface area contributed by atoms with Gasteiger partial charge < -0.3 is 9.30 Å². The molecule has 1 aliphatic heterocycles. The number of aryl methyl sites for hydroxylation is 1. The normalized spacial score (nSPS) is 19.6. The van der Waals surface area contributed by atoms with E-state index in [1.807, 2.05) is 17.7 Å². The summed E-state index contributed by atoms with van der Waals surface area (Å²) in [6, 6.07) is 0. The van der Waals surface area contributed by atoms with Crippen LogP contribution in [0.3, 0.4) is 0 Å². The summed E-state index contributed by atoms with van der Waals surface area (Å²) in [7, 11) is -3.62. The lowest BCUT2D eigenvalue weighted by Gasteiger charge is -2.31. The number of ether oxygens (including phenoxy) is 1. The van der Waals surface area contributed by atoms with Crippen molar-refractivity contribution in [2.75, 3.05) is 19.7 Å².